The summed E-state index contributed by atoms with van der Waals surface area (Å²) in [4.78, 5) is 32.9. The number of hydroxylamine groups is 1. The molecule has 0 aliphatic heterocycles. The lowest BCUT2D eigenvalue weighted by atomic mass is 10.2. The van der Waals surface area contributed by atoms with Crippen molar-refractivity contribution in [3.05, 3.63) is 28.7 Å². The van der Waals surface area contributed by atoms with Gasteiger partial charge >= 0.3 is 5.76 Å². The van der Waals surface area contributed by atoms with E-state index in [1.54, 1.807) is 25.1 Å². The first-order valence-electron chi connectivity index (χ1n) is 6.98. The summed E-state index contributed by atoms with van der Waals surface area (Å²) in [5, 5.41) is 0. The fourth-order valence-corrected chi connectivity index (χ4v) is 2.06. The average Bonchev–Trinajstić information content (AvgIpc) is 2.81. The van der Waals surface area contributed by atoms with Crippen molar-refractivity contribution in [2.24, 2.45) is 0 Å². The maximum absolute atomic E-state index is 11.9. The molecular formula is C14H19N3O5. The summed E-state index contributed by atoms with van der Waals surface area (Å²) in [7, 11) is 1.50. The number of oxazole rings is 1. The minimum Gasteiger partial charge on any atom is -0.408 e. The topological polar surface area (TPSA) is 94.7 Å². The quantitative estimate of drug-likeness (QED) is 0.716. The van der Waals surface area contributed by atoms with Gasteiger partial charge in [0.1, 0.15) is 0 Å². The summed E-state index contributed by atoms with van der Waals surface area (Å²) in [6, 6.07) is 5.22. The van der Waals surface area contributed by atoms with E-state index in [0.29, 0.717) is 36.4 Å². The molecule has 0 bridgehead atoms. The largest absolute Gasteiger partial charge is 0.419 e. The third kappa shape index (κ3) is 3.86. The number of anilines is 1. The number of rotatable bonds is 8. The predicted octanol–water partition coefficient (Wildman–Crippen LogP) is 1.42. The average molecular weight is 309 g/mol. The summed E-state index contributed by atoms with van der Waals surface area (Å²) in [6.45, 7) is 2.59. The Bertz CT molecular complexity index is 691. The monoisotopic (exact) mass is 309 g/mol. The van der Waals surface area contributed by atoms with E-state index < -0.39 is 5.76 Å². The van der Waals surface area contributed by atoms with Crippen molar-refractivity contribution in [3.63, 3.8) is 0 Å². The first kappa shape index (κ1) is 16.1. The van der Waals surface area contributed by atoms with Crippen LogP contribution in [0.15, 0.2) is 27.4 Å². The number of nitrogens with one attached hydrogen (secondary N) is 2. The summed E-state index contributed by atoms with van der Waals surface area (Å²) in [5.74, 6) is -0.663. The molecule has 0 aliphatic rings. The number of nitrogens with zero attached hydrogens (tertiary/aromatic N) is 1. The van der Waals surface area contributed by atoms with Gasteiger partial charge in [-0.05, 0) is 25.5 Å². The highest BCUT2D eigenvalue weighted by atomic mass is 16.6. The first-order valence-corrected chi connectivity index (χ1v) is 6.98. The minimum absolute atomic E-state index is 0.214. The predicted molar refractivity (Wildman–Crippen MR) is 80.1 cm³/mol. The van der Waals surface area contributed by atoms with Crippen LogP contribution in [0.4, 0.5) is 5.69 Å². The van der Waals surface area contributed by atoms with Crippen LogP contribution in [0.25, 0.3) is 11.1 Å². The van der Waals surface area contributed by atoms with Gasteiger partial charge in [-0.1, -0.05) is 0 Å². The van der Waals surface area contributed by atoms with Crippen LogP contribution < -0.4 is 16.7 Å². The first-order chi connectivity index (χ1) is 10.7. The van der Waals surface area contributed by atoms with E-state index in [4.69, 9.17) is 14.1 Å². The zero-order valence-corrected chi connectivity index (χ0v) is 12.5. The zero-order valence-electron chi connectivity index (χ0n) is 12.5. The van der Waals surface area contributed by atoms with Gasteiger partial charge in [0.15, 0.2) is 5.58 Å². The summed E-state index contributed by atoms with van der Waals surface area (Å²) in [5.41, 5.74) is 6.81. The Labute approximate surface area is 126 Å². The molecule has 2 rings (SSSR count). The number of carbonyl (C=O) groups excluding carboxylic acids is 1. The standard InChI is InChI=1S/C14H19N3O5/c1-3-21-16-13(18)5-4-8-17-11-7-6-10(15-20-2)9-12(11)22-14(17)19/h6-7,9,15H,3-5,8H2,1-2H3,(H,16,18). The van der Waals surface area contributed by atoms with Gasteiger partial charge in [-0.2, -0.15) is 0 Å². The Morgan fingerprint density at radius 1 is 1.41 bits per heavy atom. The zero-order chi connectivity index (χ0) is 15.9. The van der Waals surface area contributed by atoms with E-state index in [9.17, 15) is 9.59 Å². The molecular weight excluding hydrogens is 290 g/mol. The molecule has 0 saturated heterocycles. The smallest absolute Gasteiger partial charge is 0.408 e. The Balaban J connectivity index is 2.03. The number of hydrogen-bond donors (Lipinski definition) is 2. The number of aryl methyl sites for hydroxylation is 1. The van der Waals surface area contributed by atoms with E-state index in [1.807, 2.05) is 0 Å². The van der Waals surface area contributed by atoms with E-state index in [1.165, 1.54) is 11.7 Å². The Hall–Kier alpha value is -2.32. The number of amides is 1. The lowest BCUT2D eigenvalue weighted by Crippen LogP contribution is -2.24. The molecule has 22 heavy (non-hydrogen) atoms. The minimum atomic E-state index is -0.449. The van der Waals surface area contributed by atoms with E-state index in [2.05, 4.69) is 11.0 Å². The molecule has 2 aromatic rings. The van der Waals surface area contributed by atoms with Crippen molar-refractivity contribution in [1.29, 1.82) is 0 Å². The Kier molecular flexibility index (Phi) is 5.56. The van der Waals surface area contributed by atoms with Gasteiger partial charge in [-0.3, -0.25) is 24.5 Å². The highest BCUT2D eigenvalue weighted by Crippen LogP contribution is 2.18. The molecule has 0 aliphatic carbocycles. The van der Waals surface area contributed by atoms with Gasteiger partial charge in [-0.25, -0.2) is 10.3 Å². The van der Waals surface area contributed by atoms with Crippen LogP contribution in [-0.4, -0.2) is 24.2 Å². The summed E-state index contributed by atoms with van der Waals surface area (Å²) in [6.07, 6.45) is 0.772. The van der Waals surface area contributed by atoms with Crippen LogP contribution in [0.5, 0.6) is 0 Å². The molecule has 0 unspecified atom stereocenters. The fraction of sp³-hybridized carbons (Fsp3) is 0.429. The van der Waals surface area contributed by atoms with Crippen molar-refractivity contribution in [3.8, 4) is 0 Å². The number of carbonyl (C=O) groups is 1. The molecule has 0 radical (unpaired) electrons. The molecule has 1 aromatic heterocycles. The van der Waals surface area contributed by atoms with Gasteiger partial charge in [0.25, 0.3) is 0 Å². The Morgan fingerprint density at radius 2 is 2.23 bits per heavy atom. The van der Waals surface area contributed by atoms with Crippen molar-refractivity contribution in [2.75, 3.05) is 19.2 Å². The maximum Gasteiger partial charge on any atom is 0.419 e. The molecule has 0 fully saturated rings. The van der Waals surface area contributed by atoms with E-state index >= 15 is 0 Å². The molecule has 1 heterocycles. The lowest BCUT2D eigenvalue weighted by molar-refractivity contribution is -0.133. The molecule has 0 atom stereocenters. The van der Waals surface area contributed by atoms with Crippen molar-refractivity contribution >= 4 is 22.7 Å². The fourth-order valence-electron chi connectivity index (χ4n) is 2.06. The maximum atomic E-state index is 11.9. The van der Waals surface area contributed by atoms with Crippen molar-refractivity contribution in [1.82, 2.24) is 10.0 Å². The third-order valence-corrected chi connectivity index (χ3v) is 3.00. The second kappa shape index (κ2) is 7.62. The second-order valence-electron chi connectivity index (χ2n) is 4.57. The van der Waals surface area contributed by atoms with Gasteiger partial charge < -0.3 is 4.42 Å². The number of hydrogen-bond acceptors (Lipinski definition) is 6. The van der Waals surface area contributed by atoms with Crippen LogP contribution in [0.2, 0.25) is 0 Å². The SMILES string of the molecule is CCONC(=O)CCCn1c(=O)oc2cc(NOC)ccc21. The molecule has 120 valence electrons. The molecule has 8 heteroatoms. The normalized spacial score (nSPS) is 10.8. The Morgan fingerprint density at radius 3 is 2.95 bits per heavy atom. The van der Waals surface area contributed by atoms with Crippen LogP contribution in [-0.2, 0) is 21.0 Å². The lowest BCUT2D eigenvalue weighted by Gasteiger charge is -2.05. The van der Waals surface area contributed by atoms with E-state index in [-0.39, 0.29) is 12.3 Å². The highest BCUT2D eigenvalue weighted by molar-refractivity contribution is 5.77. The molecule has 0 spiro atoms. The molecule has 1 amide bonds. The van der Waals surface area contributed by atoms with Gasteiger partial charge in [-0.15, -0.1) is 0 Å². The van der Waals surface area contributed by atoms with Gasteiger partial charge in [0, 0.05) is 19.0 Å². The number of fused-ring (bicyclic) bond motifs is 1. The van der Waals surface area contributed by atoms with Crippen LogP contribution in [0.3, 0.4) is 0 Å². The van der Waals surface area contributed by atoms with E-state index in [0.717, 1.165) is 0 Å². The van der Waals surface area contributed by atoms with Crippen molar-refractivity contribution < 1.29 is 18.9 Å². The van der Waals surface area contributed by atoms with Crippen LogP contribution in [0.1, 0.15) is 19.8 Å². The van der Waals surface area contributed by atoms with Gasteiger partial charge in [0.2, 0.25) is 5.91 Å². The third-order valence-electron chi connectivity index (χ3n) is 3.00. The molecule has 2 N–H and O–H groups in total. The number of benzene rings is 1. The molecule has 8 nitrogen and oxygen atoms in total. The van der Waals surface area contributed by atoms with Crippen LogP contribution in [0, 0.1) is 0 Å². The molecule has 1 aromatic carbocycles. The second-order valence-corrected chi connectivity index (χ2v) is 4.57. The van der Waals surface area contributed by atoms with Crippen molar-refractivity contribution in [2.45, 2.75) is 26.3 Å². The number of aromatic nitrogens is 1. The molecule has 0 saturated carbocycles. The summed E-state index contributed by atoms with van der Waals surface area (Å²) >= 11 is 0. The van der Waals surface area contributed by atoms with Crippen LogP contribution >= 0.6 is 0 Å². The highest BCUT2D eigenvalue weighted by Gasteiger charge is 2.10. The summed E-state index contributed by atoms with van der Waals surface area (Å²) < 4.78 is 6.69. The van der Waals surface area contributed by atoms with Gasteiger partial charge in [0.05, 0.1) is 24.9 Å².